The molecule has 0 aromatic heterocycles. The number of allylic oxidation sites excluding steroid dienone is 2. The van der Waals surface area contributed by atoms with Crippen LogP contribution in [0.1, 0.15) is 121 Å². The molecule has 16 N–H and O–H groups in total. The van der Waals surface area contributed by atoms with Crippen LogP contribution in [-0.2, 0) is 76.2 Å². The lowest BCUT2D eigenvalue weighted by Gasteiger charge is -2.60. The molecule has 5 unspecified atom stereocenters. The molecule has 9 fully saturated rings. The van der Waals surface area contributed by atoms with E-state index in [1.807, 2.05) is 20.8 Å². The van der Waals surface area contributed by atoms with Crippen molar-refractivity contribution in [2.75, 3.05) is 13.2 Å². The van der Waals surface area contributed by atoms with Gasteiger partial charge >= 0.3 is 10.4 Å². The van der Waals surface area contributed by atoms with Gasteiger partial charge in [0, 0.05) is 12.3 Å². The van der Waals surface area contributed by atoms with Gasteiger partial charge in [-0.15, -0.1) is 0 Å². The second-order valence-electron chi connectivity index (χ2n) is 29.8. The first-order chi connectivity index (χ1) is 44.8. The van der Waals surface area contributed by atoms with Crippen molar-refractivity contribution >= 4 is 16.2 Å². The van der Waals surface area contributed by atoms with E-state index in [-0.39, 0.29) is 54.6 Å². The molecule has 33 heteroatoms. The van der Waals surface area contributed by atoms with Crippen LogP contribution in [0.2, 0.25) is 0 Å². The SMILES string of the molecule is CC(C)C(C)C(=O)CC(C)(O)[C@H]1CCC2C3C[C@H](O[C@@H]4O[C@H](C)[C@@H](O)[C@H](O[C@@H]5OC[C@@H](O[C@@H]6O[C@H](CO)[C@H](O)[C@H](O)[C@H]6O[C@@H]6O[C@H](C)[C@H](O)[C@H](O[C@@H]7O[C@H](C)[C@H](O)[C@H](O)[C@H]7O)[C@H]6O)[C@H](O)[C@H]5O[C@@H]5O[C@H](C)[C@@H](O)[C@H](O)[C@H]5O)[C@H]4O)C4C[C@@H](OS(=O)(=O)O)CC[C@]4(C)C3=CC[C@@]21C. The molecule has 10 aliphatic rings. The Kier molecular flexibility index (Phi) is 23.8. The molecule has 32 nitrogen and oxygen atoms in total. The predicted molar refractivity (Wildman–Crippen MR) is 321 cm³/mol. The van der Waals surface area contributed by atoms with Gasteiger partial charge in [0.2, 0.25) is 0 Å². The third-order valence-electron chi connectivity index (χ3n) is 23.2. The highest BCUT2D eigenvalue weighted by atomic mass is 32.3. The summed E-state index contributed by atoms with van der Waals surface area (Å²) in [6, 6.07) is 0. The Bertz CT molecular complexity index is 2770. The van der Waals surface area contributed by atoms with Crippen molar-refractivity contribution in [1.82, 2.24) is 0 Å². The minimum Gasteiger partial charge on any atom is -0.394 e. The summed E-state index contributed by atoms with van der Waals surface area (Å²) in [7, 11) is -4.91. The zero-order valence-corrected chi connectivity index (χ0v) is 56.4. The number of aliphatic hydroxyl groups excluding tert-OH is 14. The van der Waals surface area contributed by atoms with E-state index in [0.717, 1.165) is 5.57 Å². The molecule has 3 saturated carbocycles. The summed E-state index contributed by atoms with van der Waals surface area (Å²) < 4.78 is 113. The largest absolute Gasteiger partial charge is 0.397 e. The van der Waals surface area contributed by atoms with Gasteiger partial charge in [0.25, 0.3) is 0 Å². The van der Waals surface area contributed by atoms with Crippen molar-refractivity contribution in [1.29, 1.82) is 0 Å². The Morgan fingerprint density at radius 2 is 1.06 bits per heavy atom. The maximum absolute atomic E-state index is 13.6. The predicted octanol–water partition coefficient (Wildman–Crippen LogP) is -3.58. The smallest absolute Gasteiger partial charge is 0.394 e. The minimum atomic E-state index is -4.91. The van der Waals surface area contributed by atoms with Gasteiger partial charge in [-0.25, -0.2) is 4.18 Å². The van der Waals surface area contributed by atoms with E-state index >= 15 is 0 Å². The summed E-state index contributed by atoms with van der Waals surface area (Å²) >= 11 is 0. The Morgan fingerprint density at radius 1 is 0.573 bits per heavy atom. The van der Waals surface area contributed by atoms with E-state index in [9.17, 15) is 94.4 Å². The minimum absolute atomic E-state index is 0.0171. The molecule has 0 radical (unpaired) electrons. The molecule has 39 atom stereocenters. The van der Waals surface area contributed by atoms with Gasteiger partial charge in [-0.1, -0.05) is 46.3 Å². The van der Waals surface area contributed by atoms with E-state index in [0.29, 0.717) is 32.1 Å². The van der Waals surface area contributed by atoms with E-state index < -0.39 is 236 Å². The van der Waals surface area contributed by atoms with Crippen molar-refractivity contribution in [3.05, 3.63) is 11.6 Å². The van der Waals surface area contributed by atoms with Gasteiger partial charge in [0.1, 0.15) is 122 Å². The van der Waals surface area contributed by atoms with Gasteiger partial charge < -0.3 is 133 Å². The van der Waals surface area contributed by atoms with E-state index in [4.69, 9.17) is 61.0 Å². The van der Waals surface area contributed by atoms with Gasteiger partial charge in [-0.2, -0.15) is 8.42 Å². The summed E-state index contributed by atoms with van der Waals surface area (Å²) in [5, 5.41) is 170. The fourth-order valence-corrected chi connectivity index (χ4v) is 17.7. The molecule has 0 spiro atoms. The third kappa shape index (κ3) is 15.0. The highest BCUT2D eigenvalue weighted by Gasteiger charge is 2.64. The number of carbonyl (C=O) groups is 1. The number of aliphatic hydroxyl groups is 15. The summed E-state index contributed by atoms with van der Waals surface area (Å²) in [5.41, 5.74) is -1.38. The highest BCUT2D eigenvalue weighted by molar-refractivity contribution is 7.80. The van der Waals surface area contributed by atoms with Crippen molar-refractivity contribution < 1.29 is 155 Å². The fourth-order valence-electron chi connectivity index (χ4n) is 17.2. The fraction of sp³-hybridized carbons (Fsp3) is 0.952. The average molecular weight is 1410 g/mol. The second-order valence-corrected chi connectivity index (χ2v) is 30.9. The monoisotopic (exact) mass is 1400 g/mol. The number of ether oxygens (including phenoxy) is 12. The number of rotatable bonds is 20. The molecular weight excluding hydrogens is 1300 g/mol. The first-order valence-electron chi connectivity index (χ1n) is 33.7. The lowest BCUT2D eigenvalue weighted by molar-refractivity contribution is -0.402. The van der Waals surface area contributed by atoms with Crippen LogP contribution in [-0.4, -0.2) is 305 Å². The summed E-state index contributed by atoms with van der Waals surface area (Å²) in [5.74, 6) is -1.23. The van der Waals surface area contributed by atoms with Crippen LogP contribution in [0, 0.1) is 46.3 Å². The number of ketones is 1. The van der Waals surface area contributed by atoms with Gasteiger partial charge in [-0.3, -0.25) is 9.35 Å². The Hall–Kier alpha value is -1.80. The van der Waals surface area contributed by atoms with Crippen LogP contribution in [0.15, 0.2) is 11.6 Å². The molecule has 10 rings (SSSR count). The van der Waals surface area contributed by atoms with Gasteiger partial charge in [0.15, 0.2) is 37.7 Å². The topological polar surface area (TPSA) is 495 Å². The number of hydrogen-bond donors (Lipinski definition) is 16. The molecule has 0 amide bonds. The molecule has 6 aliphatic heterocycles. The summed E-state index contributed by atoms with van der Waals surface area (Å²) in [4.78, 5) is 13.6. The second kappa shape index (κ2) is 29.7. The van der Waals surface area contributed by atoms with E-state index in [2.05, 4.69) is 19.9 Å². The van der Waals surface area contributed by atoms with Crippen molar-refractivity contribution in [2.45, 2.75) is 317 Å². The van der Waals surface area contributed by atoms with Crippen LogP contribution in [0.5, 0.6) is 0 Å². The maximum Gasteiger partial charge on any atom is 0.397 e. The lowest BCUT2D eigenvalue weighted by atomic mass is 9.47. The van der Waals surface area contributed by atoms with Gasteiger partial charge in [-0.05, 0) is 120 Å². The Morgan fingerprint density at radius 3 is 1.59 bits per heavy atom. The van der Waals surface area contributed by atoms with Crippen LogP contribution in [0.3, 0.4) is 0 Å². The van der Waals surface area contributed by atoms with Crippen LogP contribution in [0.4, 0.5) is 0 Å². The molecule has 96 heavy (non-hydrogen) atoms. The average Bonchev–Trinajstić information content (AvgIpc) is 1.38. The van der Waals surface area contributed by atoms with Crippen molar-refractivity contribution in [3.8, 4) is 0 Å². The summed E-state index contributed by atoms with van der Waals surface area (Å²) in [6.45, 7) is 15.7. The van der Waals surface area contributed by atoms with E-state index in [1.54, 1.807) is 6.92 Å². The number of hydrogen-bond acceptors (Lipinski definition) is 31. The third-order valence-corrected chi connectivity index (χ3v) is 23.7. The van der Waals surface area contributed by atoms with Crippen LogP contribution >= 0.6 is 0 Å². The number of Topliss-reactive ketones (excluding diaryl/α,β-unsaturated/α-hetero) is 1. The van der Waals surface area contributed by atoms with Gasteiger partial charge in [0.05, 0.1) is 55.4 Å². The molecule has 6 saturated heterocycles. The Labute approximate surface area is 557 Å². The zero-order valence-electron chi connectivity index (χ0n) is 55.6. The Balaban J connectivity index is 0.905. The molecule has 0 bridgehead atoms. The van der Waals surface area contributed by atoms with Crippen LogP contribution in [0.25, 0.3) is 0 Å². The molecule has 4 aliphatic carbocycles. The molecular formula is C63H104O32S. The lowest BCUT2D eigenvalue weighted by Crippen LogP contribution is -2.67. The molecule has 0 aromatic carbocycles. The molecule has 6 heterocycles. The number of fused-ring (bicyclic) bond motifs is 5. The summed E-state index contributed by atoms with van der Waals surface area (Å²) in [6.07, 6.45) is -47.3. The number of carbonyl (C=O) groups excluding carboxylic acids is 1. The first kappa shape index (κ1) is 76.8. The zero-order chi connectivity index (χ0) is 70.5. The van der Waals surface area contributed by atoms with E-state index in [1.165, 1.54) is 27.7 Å². The molecule has 554 valence electrons. The normalized spacial score (nSPS) is 51.9. The standard InChI is InChI=1S/C63H104O32S/c1-22(2)23(3)33(65)19-63(10,79)37-12-11-30-29-18-34(32-17-28(95-96(80,81)82)13-15-61(32,8)31(29)14-16-62(30,37)9)88-57-49(77)52(41(69)26(6)86-57)92-59-53(93-56-48(76)45(73)39(67)25(5)85-56)43(71)36(21-83-59)90-60-54(46(74)42(70)35(20-64)89-60)94-58-50(78)51(40(68)27(7)87-58)91-55-47(75)44(72)38(66)24(4)84-55/h14,22-30,32,34-60,64,66-79H,11-13,15-21H2,1-10H3,(H,80,81,82)/t23?,24-,25-,26-,27-,28+,29?,30?,32?,34+,35-,36-,37+,38+,39-,40+,41-,42+,43+,44+,45+,46+,47-,48-,49-,50-,51+,52+,53-,54-,55+,56+,57+,58+,59+,60+,61-,62+,63?/m1/s1. The highest BCUT2D eigenvalue weighted by Crippen LogP contribution is 2.67. The first-order valence-corrected chi connectivity index (χ1v) is 35.1. The maximum atomic E-state index is 13.6. The van der Waals surface area contributed by atoms with Crippen LogP contribution < -0.4 is 0 Å². The quantitative estimate of drug-likeness (QED) is 0.0414. The van der Waals surface area contributed by atoms with Crippen molar-refractivity contribution in [3.63, 3.8) is 0 Å². The molecule has 0 aromatic rings. The van der Waals surface area contributed by atoms with Crippen molar-refractivity contribution in [2.24, 2.45) is 46.3 Å².